The summed E-state index contributed by atoms with van der Waals surface area (Å²) in [5.74, 6) is 1.52. The molecule has 1 aliphatic rings. The van der Waals surface area contributed by atoms with E-state index in [4.69, 9.17) is 16.3 Å². The number of hydrogen-bond acceptors (Lipinski definition) is 1. The molecule has 1 nitrogen and oxygen atoms in total. The molecule has 1 aromatic carbocycles. The van der Waals surface area contributed by atoms with Crippen molar-refractivity contribution in [3.8, 4) is 5.75 Å². The Labute approximate surface area is 77.3 Å². The lowest BCUT2D eigenvalue weighted by molar-refractivity contribution is 0.300. The van der Waals surface area contributed by atoms with E-state index in [0.717, 1.165) is 18.3 Å². The third-order valence-electron chi connectivity index (χ3n) is 1.95. The van der Waals surface area contributed by atoms with Crippen LogP contribution in [0.3, 0.4) is 0 Å². The molecule has 0 heterocycles. The van der Waals surface area contributed by atoms with E-state index in [1.165, 1.54) is 12.8 Å². The number of hydrogen-bond donors (Lipinski definition) is 0. The monoisotopic (exact) mass is 181 g/mol. The first kappa shape index (κ1) is 7.93. The summed E-state index contributed by atoms with van der Waals surface area (Å²) >= 11 is 5.88. The van der Waals surface area contributed by atoms with E-state index in [2.05, 4.69) is 6.07 Å². The van der Waals surface area contributed by atoms with E-state index in [1.807, 2.05) is 0 Å². The molecule has 1 aliphatic carbocycles. The summed E-state index contributed by atoms with van der Waals surface area (Å²) in [5.41, 5.74) is 0. The molecule has 1 aromatic rings. The van der Waals surface area contributed by atoms with Gasteiger partial charge in [-0.25, -0.2) is 0 Å². The highest BCUT2D eigenvalue weighted by Crippen LogP contribution is 2.31. The number of ether oxygens (including phenoxy) is 1. The van der Waals surface area contributed by atoms with Gasteiger partial charge in [-0.05, 0) is 37.0 Å². The van der Waals surface area contributed by atoms with Gasteiger partial charge >= 0.3 is 0 Å². The van der Waals surface area contributed by atoms with E-state index in [9.17, 15) is 0 Å². The zero-order valence-corrected chi connectivity index (χ0v) is 7.47. The maximum absolute atomic E-state index is 5.88. The molecule has 0 spiro atoms. The summed E-state index contributed by atoms with van der Waals surface area (Å²) in [6, 6.07) is 8.30. The van der Waals surface area contributed by atoms with Crippen molar-refractivity contribution in [2.24, 2.45) is 5.92 Å². The number of benzene rings is 1. The van der Waals surface area contributed by atoms with Crippen molar-refractivity contribution in [2.45, 2.75) is 12.8 Å². The SMILES string of the molecule is Clc1cc[c]cc1OCC1CC1. The maximum Gasteiger partial charge on any atom is 0.138 e. The Hall–Kier alpha value is -0.690. The van der Waals surface area contributed by atoms with Gasteiger partial charge in [0.15, 0.2) is 0 Å². The first-order valence-corrected chi connectivity index (χ1v) is 4.52. The lowest BCUT2D eigenvalue weighted by Crippen LogP contribution is -1.98. The lowest BCUT2D eigenvalue weighted by Gasteiger charge is -2.05. The predicted octanol–water partition coefficient (Wildman–Crippen LogP) is 2.93. The number of rotatable bonds is 3. The Kier molecular flexibility index (Phi) is 2.22. The molecule has 1 radical (unpaired) electrons. The van der Waals surface area contributed by atoms with Gasteiger partial charge in [0.2, 0.25) is 0 Å². The Morgan fingerprint density at radius 3 is 3.08 bits per heavy atom. The molecule has 1 saturated carbocycles. The standard InChI is InChI=1S/C10H10ClO/c11-9-3-1-2-4-10(9)12-7-8-5-6-8/h1,3-4,8H,5-7H2. The zero-order valence-electron chi connectivity index (χ0n) is 6.72. The van der Waals surface area contributed by atoms with Crippen LogP contribution in [0.15, 0.2) is 18.2 Å². The quantitative estimate of drug-likeness (QED) is 0.697. The molecule has 0 saturated heterocycles. The van der Waals surface area contributed by atoms with Crippen molar-refractivity contribution in [1.29, 1.82) is 0 Å². The summed E-state index contributed by atoms with van der Waals surface area (Å²) in [7, 11) is 0. The summed E-state index contributed by atoms with van der Waals surface area (Å²) in [6.45, 7) is 0.803. The first-order valence-electron chi connectivity index (χ1n) is 4.14. The summed E-state index contributed by atoms with van der Waals surface area (Å²) < 4.78 is 5.50. The van der Waals surface area contributed by atoms with Gasteiger partial charge in [-0.2, -0.15) is 0 Å². The second-order valence-corrected chi connectivity index (χ2v) is 3.52. The Morgan fingerprint density at radius 1 is 1.58 bits per heavy atom. The molecule has 0 N–H and O–H groups in total. The van der Waals surface area contributed by atoms with Crippen molar-refractivity contribution < 1.29 is 4.74 Å². The van der Waals surface area contributed by atoms with Crippen LogP contribution in [0.1, 0.15) is 12.8 Å². The van der Waals surface area contributed by atoms with E-state index >= 15 is 0 Å². The van der Waals surface area contributed by atoms with E-state index in [1.54, 1.807) is 18.2 Å². The van der Waals surface area contributed by atoms with Crippen molar-refractivity contribution in [2.75, 3.05) is 6.61 Å². The van der Waals surface area contributed by atoms with Crippen molar-refractivity contribution in [3.05, 3.63) is 29.3 Å². The van der Waals surface area contributed by atoms with E-state index in [-0.39, 0.29) is 0 Å². The fourth-order valence-electron chi connectivity index (χ4n) is 0.999. The molecule has 1 fully saturated rings. The van der Waals surface area contributed by atoms with Crippen LogP contribution in [-0.2, 0) is 0 Å². The Morgan fingerprint density at radius 2 is 2.42 bits per heavy atom. The minimum Gasteiger partial charge on any atom is -0.492 e. The second kappa shape index (κ2) is 3.36. The summed E-state index contributed by atoms with van der Waals surface area (Å²) in [4.78, 5) is 0. The van der Waals surface area contributed by atoms with Gasteiger partial charge in [0.1, 0.15) is 5.75 Å². The smallest absolute Gasteiger partial charge is 0.138 e. The van der Waals surface area contributed by atoms with Crippen LogP contribution in [0.4, 0.5) is 0 Å². The molecule has 0 bridgehead atoms. The molecule has 0 aromatic heterocycles. The molecule has 12 heavy (non-hydrogen) atoms. The van der Waals surface area contributed by atoms with Crippen LogP contribution in [0, 0.1) is 12.0 Å². The third kappa shape index (κ3) is 1.92. The second-order valence-electron chi connectivity index (χ2n) is 3.11. The highest BCUT2D eigenvalue weighted by Gasteiger charge is 2.22. The fourth-order valence-corrected chi connectivity index (χ4v) is 1.17. The van der Waals surface area contributed by atoms with Gasteiger partial charge in [0.25, 0.3) is 0 Å². The van der Waals surface area contributed by atoms with E-state index < -0.39 is 0 Å². The summed E-state index contributed by atoms with van der Waals surface area (Å²) in [5, 5.41) is 0.675. The topological polar surface area (TPSA) is 9.23 Å². The first-order chi connectivity index (χ1) is 5.86. The molecule has 0 aliphatic heterocycles. The van der Waals surface area contributed by atoms with Crippen molar-refractivity contribution in [3.63, 3.8) is 0 Å². The molecule has 63 valence electrons. The zero-order chi connectivity index (χ0) is 8.39. The third-order valence-corrected chi connectivity index (χ3v) is 2.26. The normalized spacial score (nSPS) is 16.1. The molecular weight excluding hydrogens is 172 g/mol. The Balaban J connectivity index is 1.96. The lowest BCUT2D eigenvalue weighted by atomic mass is 10.3. The van der Waals surface area contributed by atoms with Crippen LogP contribution >= 0.6 is 11.6 Å². The average Bonchev–Trinajstić information content (AvgIpc) is 2.86. The van der Waals surface area contributed by atoms with Crippen LogP contribution < -0.4 is 4.74 Å². The van der Waals surface area contributed by atoms with Gasteiger partial charge in [0, 0.05) is 0 Å². The van der Waals surface area contributed by atoms with Gasteiger partial charge in [-0.3, -0.25) is 0 Å². The van der Waals surface area contributed by atoms with Crippen molar-refractivity contribution >= 4 is 11.6 Å². The average molecular weight is 182 g/mol. The van der Waals surface area contributed by atoms with Crippen LogP contribution in [0.2, 0.25) is 5.02 Å². The summed E-state index contributed by atoms with van der Waals surface area (Å²) in [6.07, 6.45) is 2.60. The van der Waals surface area contributed by atoms with Gasteiger partial charge in [-0.15, -0.1) is 0 Å². The molecule has 2 rings (SSSR count). The molecule has 0 unspecified atom stereocenters. The fraction of sp³-hybridized carbons (Fsp3) is 0.400. The molecule has 0 amide bonds. The number of halogens is 1. The van der Waals surface area contributed by atoms with Gasteiger partial charge < -0.3 is 4.74 Å². The minimum absolute atomic E-state index is 0.675. The van der Waals surface area contributed by atoms with Gasteiger partial charge in [0.05, 0.1) is 11.6 Å². The van der Waals surface area contributed by atoms with Crippen molar-refractivity contribution in [1.82, 2.24) is 0 Å². The van der Waals surface area contributed by atoms with E-state index in [0.29, 0.717) is 5.02 Å². The van der Waals surface area contributed by atoms with Crippen LogP contribution in [-0.4, -0.2) is 6.61 Å². The predicted molar refractivity (Wildman–Crippen MR) is 48.5 cm³/mol. The molecule has 0 atom stereocenters. The van der Waals surface area contributed by atoms with Gasteiger partial charge in [-0.1, -0.05) is 17.7 Å². The molecule has 2 heteroatoms. The highest BCUT2D eigenvalue weighted by molar-refractivity contribution is 6.32. The highest BCUT2D eigenvalue weighted by atomic mass is 35.5. The largest absolute Gasteiger partial charge is 0.492 e. The Bertz CT molecular complexity index is 268. The van der Waals surface area contributed by atoms with Crippen LogP contribution in [0.5, 0.6) is 5.75 Å². The van der Waals surface area contributed by atoms with Crippen LogP contribution in [0.25, 0.3) is 0 Å². The molecular formula is C10H10ClO. The maximum atomic E-state index is 5.88. The minimum atomic E-state index is 0.675.